The average Bonchev–Trinajstić information content (AvgIpc) is 3.14. The second kappa shape index (κ2) is 40.7. The number of phosphoric ester groups is 1. The maximum atomic E-state index is 12.1. The molecule has 0 bridgehead atoms. The summed E-state index contributed by atoms with van der Waals surface area (Å²) in [6.45, 7) is 3.60. The molecule has 0 aromatic heterocycles. The van der Waals surface area contributed by atoms with Crippen molar-refractivity contribution in [2.24, 2.45) is 0 Å². The minimum absolute atomic E-state index is 0.0882. The number of amides is 1. The van der Waals surface area contributed by atoms with E-state index in [9.17, 15) is 24.2 Å². The van der Waals surface area contributed by atoms with Gasteiger partial charge in [-0.1, -0.05) is 206 Å². The molecule has 53 heavy (non-hydrogen) atoms. The molecule has 10 heteroatoms. The number of hydrogen-bond donors (Lipinski definition) is 3. The molecule has 0 heterocycles. The number of phosphoric acid groups is 1. The molecule has 3 N–H and O–H groups in total. The molecule has 2 unspecified atom stereocenters. The highest BCUT2D eigenvalue weighted by molar-refractivity contribution is 7.47. The van der Waals surface area contributed by atoms with Gasteiger partial charge in [-0.3, -0.25) is 18.6 Å². The van der Waals surface area contributed by atoms with Gasteiger partial charge in [0.1, 0.15) is 12.7 Å². The summed E-state index contributed by atoms with van der Waals surface area (Å²) in [6.07, 6.45) is 40.3. The highest BCUT2D eigenvalue weighted by atomic mass is 31.2. The number of rotatable bonds is 43. The first-order valence-corrected chi connectivity index (χ1v) is 24.0. The Hall–Kier alpha value is -0.990. The first kappa shape index (κ1) is 52.0. The molecular weight excluding hydrogens is 689 g/mol. The van der Waals surface area contributed by atoms with Crippen LogP contribution in [-0.2, 0) is 27.9 Å². The number of hydrogen-bond acceptors (Lipinski definition) is 7. The van der Waals surface area contributed by atoms with Crippen molar-refractivity contribution < 1.29 is 37.9 Å². The van der Waals surface area contributed by atoms with Gasteiger partial charge in [0.05, 0.1) is 13.2 Å². The fourth-order valence-corrected chi connectivity index (χ4v) is 7.37. The van der Waals surface area contributed by atoms with E-state index in [1.807, 2.05) is 0 Å². The Morgan fingerprint density at radius 1 is 0.509 bits per heavy atom. The number of esters is 1. The van der Waals surface area contributed by atoms with Gasteiger partial charge < -0.3 is 20.1 Å². The maximum absolute atomic E-state index is 12.1. The molecule has 0 aliphatic heterocycles. The zero-order valence-electron chi connectivity index (χ0n) is 34.7. The van der Waals surface area contributed by atoms with Crippen molar-refractivity contribution in [3.8, 4) is 0 Å². The van der Waals surface area contributed by atoms with Crippen LogP contribution in [0.15, 0.2) is 0 Å². The lowest BCUT2D eigenvalue weighted by atomic mass is 10.0. The van der Waals surface area contributed by atoms with Crippen molar-refractivity contribution in [3.63, 3.8) is 0 Å². The third-order valence-electron chi connectivity index (χ3n) is 10.0. The van der Waals surface area contributed by atoms with E-state index in [2.05, 4.69) is 19.2 Å². The Labute approximate surface area is 326 Å². The van der Waals surface area contributed by atoms with E-state index in [-0.39, 0.29) is 25.7 Å². The minimum atomic E-state index is -4.41. The second-order valence-corrected chi connectivity index (χ2v) is 16.8. The van der Waals surface area contributed by atoms with Crippen molar-refractivity contribution >= 4 is 19.7 Å². The third-order valence-corrected chi connectivity index (χ3v) is 11.0. The van der Waals surface area contributed by atoms with Crippen molar-refractivity contribution in [3.05, 3.63) is 0 Å². The van der Waals surface area contributed by atoms with E-state index in [0.29, 0.717) is 12.8 Å². The Kier molecular flexibility index (Phi) is 39.9. The molecular formula is C43H86NO8P. The molecule has 0 aliphatic rings. The predicted molar refractivity (Wildman–Crippen MR) is 220 cm³/mol. The third kappa shape index (κ3) is 42.0. The normalized spacial score (nSPS) is 13.2. The van der Waals surface area contributed by atoms with Crippen molar-refractivity contribution in [1.29, 1.82) is 0 Å². The average molecular weight is 776 g/mol. The quantitative estimate of drug-likeness (QED) is 0.0317. The summed E-state index contributed by atoms with van der Waals surface area (Å²) in [5.41, 5.74) is 0. The fraction of sp³-hybridized carbons (Fsp3) is 0.953. The summed E-state index contributed by atoms with van der Waals surface area (Å²) in [5.74, 6) is -0.503. The van der Waals surface area contributed by atoms with E-state index in [1.165, 1.54) is 167 Å². The second-order valence-electron chi connectivity index (χ2n) is 15.4. The van der Waals surface area contributed by atoms with Gasteiger partial charge in [0.15, 0.2) is 0 Å². The number of aliphatic hydroxyl groups excluding tert-OH is 1. The standard InChI is InChI=1S/C43H86NO8P/c1-3-5-7-9-11-13-15-17-19-20-21-22-24-26-28-30-32-34-36-43(47)50-39-41(45)40-52-53(48,49)51-38-37-44-42(46)35-33-31-29-27-25-23-18-16-14-12-10-8-6-4-2/h41,45H,3-40H2,1-2H3,(H,44,46)(H,48,49). The van der Waals surface area contributed by atoms with Gasteiger partial charge >= 0.3 is 13.8 Å². The monoisotopic (exact) mass is 776 g/mol. The molecule has 0 radical (unpaired) electrons. The van der Waals surface area contributed by atoms with E-state index in [0.717, 1.165) is 38.5 Å². The number of carbonyl (C=O) groups is 2. The summed E-state index contributed by atoms with van der Waals surface area (Å²) in [6, 6.07) is 0. The zero-order valence-corrected chi connectivity index (χ0v) is 35.6. The van der Waals surface area contributed by atoms with Crippen LogP contribution in [0.4, 0.5) is 0 Å². The molecule has 316 valence electrons. The molecule has 0 rings (SSSR count). The lowest BCUT2D eigenvalue weighted by Gasteiger charge is -2.15. The molecule has 1 amide bonds. The van der Waals surface area contributed by atoms with Crippen LogP contribution in [0.5, 0.6) is 0 Å². The van der Waals surface area contributed by atoms with E-state index < -0.39 is 26.5 Å². The molecule has 0 fully saturated rings. The van der Waals surface area contributed by atoms with Gasteiger partial charge in [0.25, 0.3) is 0 Å². The molecule has 2 atom stereocenters. The summed E-state index contributed by atoms with van der Waals surface area (Å²) in [5, 5.41) is 12.7. The van der Waals surface area contributed by atoms with Crippen molar-refractivity contribution in [2.45, 2.75) is 238 Å². The van der Waals surface area contributed by atoms with Gasteiger partial charge in [-0.25, -0.2) is 4.57 Å². The molecule has 0 aromatic carbocycles. The van der Waals surface area contributed by atoms with Crippen LogP contribution in [-0.4, -0.2) is 54.3 Å². The summed E-state index contributed by atoms with van der Waals surface area (Å²) in [7, 11) is -4.41. The van der Waals surface area contributed by atoms with Crippen LogP contribution in [0, 0.1) is 0 Å². The molecule has 9 nitrogen and oxygen atoms in total. The van der Waals surface area contributed by atoms with E-state index in [1.54, 1.807) is 0 Å². The zero-order chi connectivity index (χ0) is 38.9. The topological polar surface area (TPSA) is 131 Å². The number of nitrogens with one attached hydrogen (secondary N) is 1. The van der Waals surface area contributed by atoms with Crippen LogP contribution in [0.1, 0.15) is 232 Å². The van der Waals surface area contributed by atoms with Gasteiger partial charge in [0, 0.05) is 19.4 Å². The summed E-state index contributed by atoms with van der Waals surface area (Å²) >= 11 is 0. The predicted octanol–water partition coefficient (Wildman–Crippen LogP) is 12.4. The highest BCUT2D eigenvalue weighted by Crippen LogP contribution is 2.42. The maximum Gasteiger partial charge on any atom is 0.472 e. The molecule has 0 aliphatic carbocycles. The Bertz CT molecular complexity index is 845. The number of aliphatic hydroxyl groups is 1. The van der Waals surface area contributed by atoms with E-state index in [4.69, 9.17) is 13.8 Å². The SMILES string of the molecule is CCCCCCCCCCCCCCCCCCCCC(=O)OCC(O)COP(=O)(O)OCCNC(=O)CCCCCCCCCCCCCCCC. The largest absolute Gasteiger partial charge is 0.472 e. The fourth-order valence-electron chi connectivity index (χ4n) is 6.62. The van der Waals surface area contributed by atoms with Crippen molar-refractivity contribution in [2.75, 3.05) is 26.4 Å². The molecule has 0 spiro atoms. The van der Waals surface area contributed by atoms with Crippen LogP contribution in [0.2, 0.25) is 0 Å². The first-order valence-electron chi connectivity index (χ1n) is 22.5. The first-order chi connectivity index (χ1) is 25.8. The number of unbranched alkanes of at least 4 members (excludes halogenated alkanes) is 30. The van der Waals surface area contributed by atoms with E-state index >= 15 is 0 Å². The van der Waals surface area contributed by atoms with Gasteiger partial charge in [0.2, 0.25) is 5.91 Å². The Balaban J connectivity index is 3.54. The summed E-state index contributed by atoms with van der Waals surface area (Å²) in [4.78, 5) is 33.9. The highest BCUT2D eigenvalue weighted by Gasteiger charge is 2.23. The minimum Gasteiger partial charge on any atom is -0.463 e. The van der Waals surface area contributed by atoms with Crippen LogP contribution in [0.3, 0.4) is 0 Å². The molecule has 0 saturated heterocycles. The van der Waals surface area contributed by atoms with Gasteiger partial charge in [-0.15, -0.1) is 0 Å². The summed E-state index contributed by atoms with van der Waals surface area (Å²) < 4.78 is 26.9. The lowest BCUT2D eigenvalue weighted by Crippen LogP contribution is -2.27. The van der Waals surface area contributed by atoms with Crippen LogP contribution < -0.4 is 5.32 Å². The van der Waals surface area contributed by atoms with Gasteiger partial charge in [-0.05, 0) is 12.8 Å². The van der Waals surface area contributed by atoms with Crippen LogP contribution in [0.25, 0.3) is 0 Å². The Morgan fingerprint density at radius 2 is 0.849 bits per heavy atom. The molecule has 0 saturated carbocycles. The van der Waals surface area contributed by atoms with Crippen molar-refractivity contribution in [1.82, 2.24) is 5.32 Å². The Morgan fingerprint density at radius 3 is 1.23 bits per heavy atom. The molecule has 0 aromatic rings. The lowest BCUT2D eigenvalue weighted by molar-refractivity contribution is -0.147. The number of ether oxygens (including phenoxy) is 1. The van der Waals surface area contributed by atoms with Crippen LogP contribution >= 0.6 is 7.82 Å². The smallest absolute Gasteiger partial charge is 0.463 e. The van der Waals surface area contributed by atoms with Gasteiger partial charge in [-0.2, -0.15) is 0 Å². The number of carbonyl (C=O) groups excluding carboxylic acids is 2.